The van der Waals surface area contributed by atoms with Crippen LogP contribution in [0.1, 0.15) is 0 Å². The fourth-order valence-electron chi connectivity index (χ4n) is 0.886. The van der Waals surface area contributed by atoms with E-state index in [9.17, 15) is 0 Å². The lowest BCUT2D eigenvalue weighted by molar-refractivity contribution is 0.187. The van der Waals surface area contributed by atoms with Gasteiger partial charge in [0.1, 0.15) is 18.1 Å². The molecule has 0 aliphatic carbocycles. The number of phenols is 1. The molecule has 0 atom stereocenters. The predicted molar refractivity (Wildman–Crippen MR) is 59.2 cm³/mol. The second kappa shape index (κ2) is 6.21. The maximum absolute atomic E-state index is 9.02. The minimum atomic E-state index is -0.0701. The molecule has 0 bridgehead atoms. The van der Waals surface area contributed by atoms with E-state index in [1.807, 2.05) is 0 Å². The van der Waals surface area contributed by atoms with Crippen LogP contribution in [-0.4, -0.2) is 35.1 Å². The molecule has 0 amide bonds. The van der Waals surface area contributed by atoms with Crippen molar-refractivity contribution in [3.8, 4) is 11.5 Å². The summed E-state index contributed by atoms with van der Waals surface area (Å²) in [5.74, 6) is 0.782. The highest BCUT2D eigenvalue weighted by Gasteiger charge is 1.99. The van der Waals surface area contributed by atoms with Gasteiger partial charge in [0.2, 0.25) is 0 Å². The Morgan fingerprint density at radius 1 is 1.27 bits per heavy atom. The van der Waals surface area contributed by atoms with E-state index < -0.39 is 0 Å². The number of phenolic OH excluding ortho intramolecular Hbond substituents is 1. The fraction of sp³-hybridized carbons (Fsp3) is 0.300. The number of aliphatic hydroxyl groups excluding tert-OH is 1. The first-order valence-corrected chi connectivity index (χ1v) is 4.81. The van der Waals surface area contributed by atoms with Gasteiger partial charge in [-0.3, -0.25) is 0 Å². The number of hydrogen-bond acceptors (Lipinski definition) is 5. The number of ether oxygens (including phenoxy) is 2. The second-order valence-corrected chi connectivity index (χ2v) is 3.18. The van der Waals surface area contributed by atoms with Gasteiger partial charge in [-0.1, -0.05) is 0 Å². The summed E-state index contributed by atoms with van der Waals surface area (Å²) < 4.78 is 10.2. The van der Waals surface area contributed by atoms with Crippen LogP contribution in [-0.2, 0) is 4.74 Å². The van der Waals surface area contributed by atoms with Gasteiger partial charge < -0.3 is 19.7 Å². The standard InChI is InChI=1S/C10H12O4S/c11-5-6-13-10(15)7-14-9-3-1-8(12)2-4-9/h1-4,11-12H,5-7H2. The van der Waals surface area contributed by atoms with Crippen LogP contribution in [0.15, 0.2) is 24.3 Å². The molecular weight excluding hydrogens is 216 g/mol. The summed E-state index contributed by atoms with van der Waals surface area (Å²) in [4.78, 5) is 0. The molecule has 1 aromatic rings. The Morgan fingerprint density at radius 2 is 1.93 bits per heavy atom. The molecule has 0 spiro atoms. The summed E-state index contributed by atoms with van der Waals surface area (Å²) in [6, 6.07) is 6.30. The molecule has 0 saturated heterocycles. The van der Waals surface area contributed by atoms with Crippen LogP contribution in [0.2, 0.25) is 0 Å². The van der Waals surface area contributed by atoms with E-state index in [0.717, 1.165) is 0 Å². The van der Waals surface area contributed by atoms with Gasteiger partial charge in [0.05, 0.1) is 6.61 Å². The van der Waals surface area contributed by atoms with Crippen LogP contribution < -0.4 is 4.74 Å². The number of aromatic hydroxyl groups is 1. The number of hydrogen-bond donors (Lipinski definition) is 2. The molecule has 0 saturated carbocycles. The summed E-state index contributed by atoms with van der Waals surface area (Å²) in [5, 5.41) is 17.8. The Hall–Kier alpha value is -1.33. The molecule has 1 aromatic carbocycles. The molecular formula is C10H12O4S. The monoisotopic (exact) mass is 228 g/mol. The van der Waals surface area contributed by atoms with Crippen LogP contribution in [0.25, 0.3) is 0 Å². The topological polar surface area (TPSA) is 58.9 Å². The molecule has 1 rings (SSSR count). The quantitative estimate of drug-likeness (QED) is 0.739. The van der Waals surface area contributed by atoms with E-state index in [0.29, 0.717) is 5.75 Å². The van der Waals surface area contributed by atoms with Crippen molar-refractivity contribution >= 4 is 17.3 Å². The molecule has 2 N–H and O–H groups in total. The first-order chi connectivity index (χ1) is 7.22. The normalized spacial score (nSPS) is 9.67. The van der Waals surface area contributed by atoms with E-state index in [1.54, 1.807) is 12.1 Å². The molecule has 0 aliphatic heterocycles. The van der Waals surface area contributed by atoms with Crippen LogP contribution >= 0.6 is 12.2 Å². The molecule has 15 heavy (non-hydrogen) atoms. The zero-order valence-electron chi connectivity index (χ0n) is 8.05. The molecule has 0 aromatic heterocycles. The summed E-state index contributed by atoms with van der Waals surface area (Å²) in [7, 11) is 0. The number of thiocarbonyl (C=S) groups is 1. The largest absolute Gasteiger partial charge is 0.508 e. The summed E-state index contributed by atoms with van der Waals surface area (Å²) in [5.41, 5.74) is 0. The first kappa shape index (κ1) is 11.7. The summed E-state index contributed by atoms with van der Waals surface area (Å²) >= 11 is 4.84. The van der Waals surface area contributed by atoms with Crippen molar-refractivity contribution in [1.29, 1.82) is 0 Å². The maximum Gasteiger partial charge on any atom is 0.197 e. The van der Waals surface area contributed by atoms with Crippen molar-refractivity contribution in [3.63, 3.8) is 0 Å². The van der Waals surface area contributed by atoms with Gasteiger partial charge in [-0.05, 0) is 36.5 Å². The highest BCUT2D eigenvalue weighted by Crippen LogP contribution is 2.15. The summed E-state index contributed by atoms with van der Waals surface area (Å²) in [6.45, 7) is 0.261. The molecule has 0 heterocycles. The van der Waals surface area contributed by atoms with Gasteiger partial charge in [0, 0.05) is 0 Å². The minimum absolute atomic E-state index is 0.0701. The fourth-order valence-corrected chi connectivity index (χ4v) is 1.03. The maximum atomic E-state index is 9.02. The third-order valence-corrected chi connectivity index (χ3v) is 1.78. The van der Waals surface area contributed by atoms with E-state index in [1.165, 1.54) is 12.1 Å². The lowest BCUT2D eigenvalue weighted by atomic mass is 10.3. The Balaban J connectivity index is 2.30. The average molecular weight is 228 g/mol. The second-order valence-electron chi connectivity index (χ2n) is 2.73. The van der Waals surface area contributed by atoms with E-state index >= 15 is 0 Å². The molecule has 0 radical (unpaired) electrons. The minimum Gasteiger partial charge on any atom is -0.508 e. The van der Waals surface area contributed by atoms with Gasteiger partial charge in [0.15, 0.2) is 11.7 Å². The SMILES string of the molecule is OCCOC(=S)COc1ccc(O)cc1. The Kier molecular flexibility index (Phi) is 4.86. The van der Waals surface area contributed by atoms with Crippen LogP contribution in [0.4, 0.5) is 0 Å². The van der Waals surface area contributed by atoms with Crippen LogP contribution in [0, 0.1) is 0 Å². The lowest BCUT2D eigenvalue weighted by Gasteiger charge is -2.08. The molecule has 5 heteroatoms. The number of aliphatic hydroxyl groups is 1. The molecule has 4 nitrogen and oxygen atoms in total. The highest BCUT2D eigenvalue weighted by atomic mass is 32.1. The molecule has 0 fully saturated rings. The Labute approximate surface area is 93.1 Å². The lowest BCUT2D eigenvalue weighted by Crippen LogP contribution is -2.14. The van der Waals surface area contributed by atoms with Crippen LogP contribution in [0.3, 0.4) is 0 Å². The Bertz CT molecular complexity index is 310. The van der Waals surface area contributed by atoms with Gasteiger partial charge in [0.25, 0.3) is 0 Å². The summed E-state index contributed by atoms with van der Waals surface area (Å²) in [6.07, 6.45) is 0. The van der Waals surface area contributed by atoms with E-state index in [-0.39, 0.29) is 30.6 Å². The number of rotatable bonds is 5. The predicted octanol–water partition coefficient (Wildman–Crippen LogP) is 1.11. The average Bonchev–Trinajstić information content (AvgIpc) is 2.25. The zero-order chi connectivity index (χ0) is 11.1. The highest BCUT2D eigenvalue weighted by molar-refractivity contribution is 7.80. The van der Waals surface area contributed by atoms with Crippen LogP contribution in [0.5, 0.6) is 11.5 Å². The first-order valence-electron chi connectivity index (χ1n) is 4.40. The van der Waals surface area contributed by atoms with Gasteiger partial charge in [-0.2, -0.15) is 0 Å². The van der Waals surface area contributed by atoms with E-state index in [4.69, 9.17) is 31.9 Å². The van der Waals surface area contributed by atoms with Crippen molar-refractivity contribution in [1.82, 2.24) is 0 Å². The number of benzene rings is 1. The van der Waals surface area contributed by atoms with Crippen molar-refractivity contribution < 1.29 is 19.7 Å². The van der Waals surface area contributed by atoms with Crippen molar-refractivity contribution in [2.75, 3.05) is 19.8 Å². The van der Waals surface area contributed by atoms with Gasteiger partial charge in [-0.25, -0.2) is 0 Å². The van der Waals surface area contributed by atoms with Crippen molar-refractivity contribution in [2.45, 2.75) is 0 Å². The van der Waals surface area contributed by atoms with Crippen molar-refractivity contribution in [2.24, 2.45) is 0 Å². The third-order valence-electron chi connectivity index (χ3n) is 1.55. The van der Waals surface area contributed by atoms with E-state index in [2.05, 4.69) is 0 Å². The molecule has 82 valence electrons. The molecule has 0 unspecified atom stereocenters. The zero-order valence-corrected chi connectivity index (χ0v) is 8.87. The van der Waals surface area contributed by atoms with Crippen molar-refractivity contribution in [3.05, 3.63) is 24.3 Å². The smallest absolute Gasteiger partial charge is 0.197 e. The third kappa shape index (κ3) is 4.62. The van der Waals surface area contributed by atoms with Gasteiger partial charge in [-0.15, -0.1) is 0 Å². The van der Waals surface area contributed by atoms with Gasteiger partial charge >= 0.3 is 0 Å². The Morgan fingerprint density at radius 3 is 2.53 bits per heavy atom. The molecule has 0 aliphatic rings.